The van der Waals surface area contributed by atoms with E-state index in [0.717, 1.165) is 16.7 Å². The number of esters is 1. The number of benzene rings is 3. The van der Waals surface area contributed by atoms with Crippen molar-refractivity contribution >= 4 is 36.3 Å². The van der Waals surface area contributed by atoms with Crippen LogP contribution in [0.15, 0.2) is 91.0 Å². The molecule has 3 aromatic rings. The van der Waals surface area contributed by atoms with Gasteiger partial charge in [-0.15, -0.1) is 0 Å². The molecule has 0 heterocycles. The Kier molecular flexibility index (Phi) is 12.9. The van der Waals surface area contributed by atoms with Crippen molar-refractivity contribution in [3.05, 3.63) is 108 Å². The first-order chi connectivity index (χ1) is 21.9. The molecule has 1 unspecified atom stereocenters. The summed E-state index contributed by atoms with van der Waals surface area (Å²) >= 11 is 4.36. The van der Waals surface area contributed by atoms with Crippen LogP contribution in [0.2, 0.25) is 0 Å². The summed E-state index contributed by atoms with van der Waals surface area (Å²) in [6.45, 7) is 4.84. The minimum Gasteiger partial charge on any atom is -0.458 e. The van der Waals surface area contributed by atoms with Crippen molar-refractivity contribution in [2.45, 2.75) is 62.8 Å². The number of amides is 3. The minimum atomic E-state index is -2.02. The lowest BCUT2D eigenvalue weighted by molar-refractivity contribution is -0.165. The Balaban J connectivity index is 1.82. The van der Waals surface area contributed by atoms with Gasteiger partial charge in [0, 0.05) is 5.75 Å². The third-order valence-corrected chi connectivity index (χ3v) is 7.73. The van der Waals surface area contributed by atoms with Gasteiger partial charge in [0.25, 0.3) is 5.91 Å². The number of carbonyl (C=O) groups excluding carboxylic acids is 4. The van der Waals surface area contributed by atoms with Crippen LogP contribution < -0.4 is 27.4 Å². The highest BCUT2D eigenvalue weighted by molar-refractivity contribution is 7.80. The third kappa shape index (κ3) is 9.18. The van der Waals surface area contributed by atoms with Crippen LogP contribution >= 0.6 is 12.6 Å². The SMILES string of the molecule is CC(C)(C)OC(=O)[C@](N)(CCCCN)C(=O)NCC(=O)NC(CS)C(=O)NC(c1ccccc1)(c1ccccc1)c1ccccc1. The molecule has 0 spiro atoms. The number of nitrogens with one attached hydrogen (secondary N) is 3. The maximum Gasteiger partial charge on any atom is 0.336 e. The zero-order chi connectivity index (χ0) is 33.8. The highest BCUT2D eigenvalue weighted by atomic mass is 32.1. The predicted molar refractivity (Wildman–Crippen MR) is 182 cm³/mol. The Morgan fingerprint density at radius 3 is 1.70 bits per heavy atom. The standard InChI is InChI=1S/C35H45N5O5S/c1-33(2,3)45-32(44)34(37,21-13-14-22-36)31(43)38-23-29(41)39-28(24-46)30(42)40-35(25-15-7-4-8-16-25,26-17-9-5-10-18-26)27-19-11-6-12-20-27/h4-12,15-20,28,46H,13-14,21-24,36-37H2,1-3H3,(H,38,43)(H,39,41)(H,40,42)/t28?,34-/m0/s1. The normalized spacial score (nSPS) is 13.5. The summed E-state index contributed by atoms with van der Waals surface area (Å²) in [6.07, 6.45) is 0.930. The molecule has 0 fully saturated rings. The van der Waals surface area contributed by atoms with Crippen molar-refractivity contribution in [1.29, 1.82) is 0 Å². The van der Waals surface area contributed by atoms with Crippen LogP contribution in [0.1, 0.15) is 56.7 Å². The molecule has 0 saturated carbocycles. The molecular formula is C35H45N5O5S. The van der Waals surface area contributed by atoms with Gasteiger partial charge in [0.2, 0.25) is 11.8 Å². The van der Waals surface area contributed by atoms with Gasteiger partial charge in [-0.05, 0) is 63.3 Å². The fourth-order valence-electron chi connectivity index (χ4n) is 5.04. The lowest BCUT2D eigenvalue weighted by atomic mass is 9.77. The van der Waals surface area contributed by atoms with Crippen LogP contribution in [0.5, 0.6) is 0 Å². The lowest BCUT2D eigenvalue weighted by Gasteiger charge is -2.38. The quantitative estimate of drug-likeness (QED) is 0.0485. The number of ether oxygens (including phenoxy) is 1. The van der Waals surface area contributed by atoms with Crippen molar-refractivity contribution < 1.29 is 23.9 Å². The summed E-state index contributed by atoms with van der Waals surface area (Å²) in [7, 11) is 0. The minimum absolute atomic E-state index is 0.0191. The maximum absolute atomic E-state index is 14.0. The molecule has 10 nitrogen and oxygen atoms in total. The highest BCUT2D eigenvalue weighted by Crippen LogP contribution is 2.36. The topological polar surface area (TPSA) is 166 Å². The first-order valence-electron chi connectivity index (χ1n) is 15.3. The van der Waals surface area contributed by atoms with Crippen LogP contribution in [0.4, 0.5) is 0 Å². The van der Waals surface area contributed by atoms with Gasteiger partial charge in [-0.3, -0.25) is 14.4 Å². The number of unbranched alkanes of at least 4 members (excludes halogenated alkanes) is 1. The summed E-state index contributed by atoms with van der Waals surface area (Å²) in [4.78, 5) is 53.2. The zero-order valence-electron chi connectivity index (χ0n) is 26.6. The molecule has 3 aromatic carbocycles. The van der Waals surface area contributed by atoms with E-state index in [1.165, 1.54) is 0 Å². The van der Waals surface area contributed by atoms with Gasteiger partial charge in [-0.2, -0.15) is 12.6 Å². The smallest absolute Gasteiger partial charge is 0.336 e. The molecule has 0 bridgehead atoms. The summed E-state index contributed by atoms with van der Waals surface area (Å²) in [5, 5.41) is 8.31. The number of nitrogens with two attached hydrogens (primary N) is 2. The summed E-state index contributed by atoms with van der Waals surface area (Å²) in [5.41, 5.74) is 10.3. The van der Waals surface area contributed by atoms with Crippen LogP contribution in [0, 0.1) is 0 Å². The van der Waals surface area contributed by atoms with Gasteiger partial charge in [0.05, 0.1) is 6.54 Å². The molecule has 3 amide bonds. The molecule has 11 heteroatoms. The molecule has 0 saturated heterocycles. The number of hydrogen-bond acceptors (Lipinski definition) is 8. The molecule has 7 N–H and O–H groups in total. The van der Waals surface area contributed by atoms with Gasteiger partial charge >= 0.3 is 5.97 Å². The average molecular weight is 648 g/mol. The van der Waals surface area contributed by atoms with Crippen molar-refractivity contribution in [3.63, 3.8) is 0 Å². The van der Waals surface area contributed by atoms with Gasteiger partial charge in [-0.1, -0.05) is 91.0 Å². The van der Waals surface area contributed by atoms with Crippen molar-refractivity contribution in [3.8, 4) is 0 Å². The number of carbonyl (C=O) groups is 4. The van der Waals surface area contributed by atoms with E-state index in [1.807, 2.05) is 91.0 Å². The Morgan fingerprint density at radius 1 is 0.804 bits per heavy atom. The van der Waals surface area contributed by atoms with Crippen LogP contribution in [0.3, 0.4) is 0 Å². The van der Waals surface area contributed by atoms with Crippen molar-refractivity contribution in [1.82, 2.24) is 16.0 Å². The first kappa shape index (κ1) is 36.3. The molecule has 46 heavy (non-hydrogen) atoms. The van der Waals surface area contributed by atoms with E-state index in [0.29, 0.717) is 19.4 Å². The number of rotatable bonds is 15. The fraction of sp³-hybridized carbons (Fsp3) is 0.371. The molecule has 0 aromatic heterocycles. The fourth-order valence-corrected chi connectivity index (χ4v) is 5.29. The Labute approximate surface area is 276 Å². The predicted octanol–water partition coefficient (Wildman–Crippen LogP) is 2.79. The average Bonchev–Trinajstić information content (AvgIpc) is 3.05. The Bertz CT molecular complexity index is 1350. The maximum atomic E-state index is 14.0. The highest BCUT2D eigenvalue weighted by Gasteiger charge is 2.45. The zero-order valence-corrected chi connectivity index (χ0v) is 27.5. The van der Waals surface area contributed by atoms with Crippen LogP contribution in [-0.2, 0) is 29.5 Å². The van der Waals surface area contributed by atoms with E-state index in [9.17, 15) is 19.2 Å². The molecule has 246 valence electrons. The molecule has 2 atom stereocenters. The summed E-state index contributed by atoms with van der Waals surface area (Å²) < 4.78 is 5.41. The molecule has 0 aliphatic rings. The second-order valence-corrected chi connectivity index (χ2v) is 12.4. The monoisotopic (exact) mass is 647 g/mol. The summed E-state index contributed by atoms with van der Waals surface area (Å²) in [6, 6.07) is 27.6. The second-order valence-electron chi connectivity index (χ2n) is 12.0. The van der Waals surface area contributed by atoms with Crippen LogP contribution in [-0.4, -0.2) is 59.7 Å². The largest absolute Gasteiger partial charge is 0.458 e. The van der Waals surface area contributed by atoms with E-state index >= 15 is 0 Å². The molecule has 0 aliphatic carbocycles. The molecular weight excluding hydrogens is 602 g/mol. The first-order valence-corrected chi connectivity index (χ1v) is 15.9. The molecule has 0 radical (unpaired) electrons. The van der Waals surface area contributed by atoms with E-state index in [2.05, 4.69) is 28.6 Å². The molecule has 0 aliphatic heterocycles. The van der Waals surface area contributed by atoms with Gasteiger partial charge in [-0.25, -0.2) is 4.79 Å². The van der Waals surface area contributed by atoms with Gasteiger partial charge in [0.15, 0.2) is 5.54 Å². The van der Waals surface area contributed by atoms with E-state index < -0.39 is 53.0 Å². The van der Waals surface area contributed by atoms with E-state index in [1.54, 1.807) is 20.8 Å². The number of thiol groups is 1. The van der Waals surface area contributed by atoms with Gasteiger partial charge < -0.3 is 32.2 Å². The third-order valence-electron chi connectivity index (χ3n) is 7.37. The summed E-state index contributed by atoms with van der Waals surface area (Å²) in [5.74, 6) is -2.95. The van der Waals surface area contributed by atoms with E-state index in [-0.39, 0.29) is 12.2 Å². The van der Waals surface area contributed by atoms with E-state index in [4.69, 9.17) is 16.2 Å². The van der Waals surface area contributed by atoms with Crippen molar-refractivity contribution in [2.24, 2.45) is 11.5 Å². The van der Waals surface area contributed by atoms with Gasteiger partial charge in [0.1, 0.15) is 17.2 Å². The number of hydrogen-bond donors (Lipinski definition) is 6. The Hall–Kier alpha value is -4.19. The second kappa shape index (κ2) is 16.4. The van der Waals surface area contributed by atoms with Crippen molar-refractivity contribution in [2.75, 3.05) is 18.8 Å². The molecule has 3 rings (SSSR count). The lowest BCUT2D eigenvalue weighted by Crippen LogP contribution is -2.62. The Morgan fingerprint density at radius 2 is 1.28 bits per heavy atom. The van der Waals surface area contributed by atoms with Crippen LogP contribution in [0.25, 0.3) is 0 Å².